The van der Waals surface area contributed by atoms with Gasteiger partial charge in [-0.25, -0.2) is 0 Å². The van der Waals surface area contributed by atoms with Gasteiger partial charge in [0.1, 0.15) is 0 Å². The highest BCUT2D eigenvalue weighted by molar-refractivity contribution is 6.50. The molecular formula is C25H26N2O5. The van der Waals surface area contributed by atoms with Crippen molar-refractivity contribution in [2.24, 2.45) is 0 Å². The van der Waals surface area contributed by atoms with E-state index in [1.165, 1.54) is 21.3 Å². The fourth-order valence-electron chi connectivity index (χ4n) is 4.17. The normalized spacial score (nSPS) is 13.6. The molecule has 1 aliphatic heterocycles. The van der Waals surface area contributed by atoms with E-state index >= 15 is 0 Å². The largest absolute Gasteiger partial charge is 0.493 e. The van der Waals surface area contributed by atoms with Gasteiger partial charge in [0.15, 0.2) is 11.5 Å². The molecule has 0 atom stereocenters. The number of amides is 2. The van der Waals surface area contributed by atoms with Crippen LogP contribution in [0.3, 0.4) is 0 Å². The lowest BCUT2D eigenvalue weighted by Crippen LogP contribution is -2.22. The van der Waals surface area contributed by atoms with Crippen molar-refractivity contribution in [1.82, 2.24) is 9.88 Å². The molecule has 1 aromatic heterocycles. The van der Waals surface area contributed by atoms with Crippen LogP contribution in [0.4, 0.5) is 0 Å². The lowest BCUT2D eigenvalue weighted by atomic mass is 9.95. The number of benzene rings is 2. The molecule has 1 N–H and O–H groups in total. The van der Waals surface area contributed by atoms with E-state index in [1.807, 2.05) is 30.5 Å². The van der Waals surface area contributed by atoms with Gasteiger partial charge in [-0.1, -0.05) is 31.5 Å². The summed E-state index contributed by atoms with van der Waals surface area (Å²) in [7, 11) is 4.54. The maximum atomic E-state index is 13.0. The fraction of sp³-hybridized carbons (Fsp3) is 0.280. The number of para-hydroxylation sites is 1. The number of nitrogens with one attached hydrogen (secondary N) is 1. The van der Waals surface area contributed by atoms with Crippen molar-refractivity contribution >= 4 is 33.9 Å². The molecule has 0 fully saturated rings. The number of nitrogens with zero attached hydrogens (tertiary/aromatic N) is 1. The number of unbranched alkanes of at least 4 members (excludes halogenated alkanes) is 1. The average molecular weight is 434 g/mol. The molecule has 32 heavy (non-hydrogen) atoms. The van der Waals surface area contributed by atoms with Gasteiger partial charge in [0.2, 0.25) is 5.75 Å². The molecule has 0 saturated heterocycles. The summed E-state index contributed by atoms with van der Waals surface area (Å²) in [6, 6.07) is 11.3. The number of carbonyl (C=O) groups excluding carboxylic acids is 2. The van der Waals surface area contributed by atoms with Gasteiger partial charge in [0.25, 0.3) is 11.8 Å². The highest BCUT2D eigenvalue weighted by Crippen LogP contribution is 2.43. The molecule has 0 aliphatic carbocycles. The molecule has 1 aliphatic rings. The molecule has 0 saturated carbocycles. The van der Waals surface area contributed by atoms with Crippen LogP contribution in [0.1, 0.15) is 30.9 Å². The number of hydrogen-bond donors (Lipinski definition) is 1. The zero-order valence-corrected chi connectivity index (χ0v) is 18.7. The zero-order chi connectivity index (χ0) is 22.8. The van der Waals surface area contributed by atoms with E-state index in [4.69, 9.17) is 14.2 Å². The number of ether oxygens (including phenoxy) is 3. The maximum Gasteiger partial charge on any atom is 0.259 e. The predicted octanol–water partition coefficient (Wildman–Crippen LogP) is 4.03. The predicted molar refractivity (Wildman–Crippen MR) is 123 cm³/mol. The number of methoxy groups -OCH3 is 3. The number of fused-ring (bicyclic) bond motifs is 1. The average Bonchev–Trinajstić information content (AvgIpc) is 3.32. The van der Waals surface area contributed by atoms with Crippen LogP contribution in [0.25, 0.3) is 22.0 Å². The second-order valence-corrected chi connectivity index (χ2v) is 7.55. The minimum Gasteiger partial charge on any atom is -0.493 e. The van der Waals surface area contributed by atoms with E-state index in [-0.39, 0.29) is 5.57 Å². The molecule has 2 heterocycles. The molecule has 0 radical (unpaired) electrons. The molecule has 2 amide bonds. The second-order valence-electron chi connectivity index (χ2n) is 7.55. The van der Waals surface area contributed by atoms with Crippen LogP contribution in [0.2, 0.25) is 0 Å². The number of aryl methyl sites for hydroxylation is 1. The third-order valence-electron chi connectivity index (χ3n) is 5.70. The first-order valence-electron chi connectivity index (χ1n) is 10.5. The van der Waals surface area contributed by atoms with Crippen molar-refractivity contribution in [3.8, 4) is 17.2 Å². The monoisotopic (exact) mass is 434 g/mol. The van der Waals surface area contributed by atoms with E-state index < -0.39 is 11.8 Å². The van der Waals surface area contributed by atoms with Crippen LogP contribution in [-0.2, 0) is 16.1 Å². The van der Waals surface area contributed by atoms with Gasteiger partial charge in [-0.15, -0.1) is 0 Å². The highest BCUT2D eigenvalue weighted by Gasteiger charge is 2.35. The van der Waals surface area contributed by atoms with Crippen LogP contribution >= 0.6 is 0 Å². The Balaban J connectivity index is 1.98. The van der Waals surface area contributed by atoms with Crippen molar-refractivity contribution in [3.05, 3.63) is 53.7 Å². The minimum atomic E-state index is -0.454. The van der Waals surface area contributed by atoms with Crippen molar-refractivity contribution in [3.63, 3.8) is 0 Å². The first-order valence-corrected chi connectivity index (χ1v) is 10.5. The summed E-state index contributed by atoms with van der Waals surface area (Å²) in [4.78, 5) is 25.9. The van der Waals surface area contributed by atoms with Crippen molar-refractivity contribution in [2.45, 2.75) is 26.3 Å². The summed E-state index contributed by atoms with van der Waals surface area (Å²) in [5.74, 6) is 0.362. The quantitative estimate of drug-likeness (QED) is 0.542. The Bertz CT molecular complexity index is 1210. The van der Waals surface area contributed by atoms with Gasteiger partial charge in [0.05, 0.1) is 32.5 Å². The summed E-state index contributed by atoms with van der Waals surface area (Å²) in [5.41, 5.74) is 2.90. The lowest BCUT2D eigenvalue weighted by molar-refractivity contribution is -0.122. The van der Waals surface area contributed by atoms with Crippen LogP contribution in [0.5, 0.6) is 17.2 Å². The van der Waals surface area contributed by atoms with Gasteiger partial charge < -0.3 is 18.8 Å². The SMILES string of the molecule is CCCCn1cc(C2=C(c3cc(OC)c(OC)c(OC)c3)C(=O)NC2=O)c2ccccc21. The lowest BCUT2D eigenvalue weighted by Gasteiger charge is -2.14. The summed E-state index contributed by atoms with van der Waals surface area (Å²) in [6.45, 7) is 2.97. The summed E-state index contributed by atoms with van der Waals surface area (Å²) in [5, 5.41) is 3.38. The molecule has 0 unspecified atom stereocenters. The topological polar surface area (TPSA) is 78.8 Å². The molecule has 7 heteroatoms. The minimum absolute atomic E-state index is 0.285. The first kappa shape index (κ1) is 21.5. The molecule has 2 aromatic carbocycles. The van der Waals surface area contributed by atoms with E-state index in [0.717, 1.165) is 35.9 Å². The molecule has 166 valence electrons. The molecule has 7 nitrogen and oxygen atoms in total. The smallest absolute Gasteiger partial charge is 0.259 e. The van der Waals surface area contributed by atoms with E-state index in [1.54, 1.807) is 12.1 Å². The Morgan fingerprint density at radius 3 is 2.19 bits per heavy atom. The van der Waals surface area contributed by atoms with Crippen LogP contribution in [0, 0.1) is 0 Å². The number of hydrogen-bond acceptors (Lipinski definition) is 5. The fourth-order valence-corrected chi connectivity index (χ4v) is 4.17. The van der Waals surface area contributed by atoms with Crippen LogP contribution < -0.4 is 19.5 Å². The summed E-state index contributed by atoms with van der Waals surface area (Å²) < 4.78 is 18.4. The van der Waals surface area contributed by atoms with Gasteiger partial charge >= 0.3 is 0 Å². The Kier molecular flexibility index (Phi) is 5.90. The van der Waals surface area contributed by atoms with Crippen molar-refractivity contribution in [2.75, 3.05) is 21.3 Å². The second kappa shape index (κ2) is 8.78. The van der Waals surface area contributed by atoms with Gasteiger partial charge in [-0.3, -0.25) is 14.9 Å². The van der Waals surface area contributed by atoms with E-state index in [2.05, 4.69) is 16.8 Å². The number of aromatic nitrogens is 1. The van der Waals surface area contributed by atoms with Gasteiger partial charge in [-0.2, -0.15) is 0 Å². The van der Waals surface area contributed by atoms with Crippen LogP contribution in [-0.4, -0.2) is 37.7 Å². The third kappa shape index (κ3) is 3.49. The van der Waals surface area contributed by atoms with Gasteiger partial charge in [-0.05, 0) is 30.2 Å². The zero-order valence-electron chi connectivity index (χ0n) is 18.7. The van der Waals surface area contributed by atoms with E-state index in [9.17, 15) is 9.59 Å². The Morgan fingerprint density at radius 2 is 1.56 bits per heavy atom. The molecule has 0 spiro atoms. The highest BCUT2D eigenvalue weighted by atomic mass is 16.5. The summed E-state index contributed by atoms with van der Waals surface area (Å²) in [6.07, 6.45) is 4.04. The van der Waals surface area contributed by atoms with Crippen LogP contribution in [0.15, 0.2) is 42.6 Å². The Labute approximate surface area is 186 Å². The number of carbonyl (C=O) groups is 2. The molecular weight excluding hydrogens is 408 g/mol. The Hall–Kier alpha value is -3.74. The van der Waals surface area contributed by atoms with E-state index in [0.29, 0.717) is 28.4 Å². The standard InChI is InChI=1S/C25H26N2O5/c1-5-6-11-27-14-17(16-9-7-8-10-18(16)27)22-21(24(28)26-25(22)29)15-12-19(30-2)23(32-4)20(13-15)31-3/h7-10,12-14H,5-6,11H2,1-4H3,(H,26,28,29). The number of imide groups is 1. The Morgan fingerprint density at radius 1 is 0.906 bits per heavy atom. The number of rotatable bonds is 8. The van der Waals surface area contributed by atoms with Gasteiger partial charge in [0, 0.05) is 29.2 Å². The molecule has 0 bridgehead atoms. The van der Waals surface area contributed by atoms with Crippen molar-refractivity contribution in [1.29, 1.82) is 0 Å². The summed E-state index contributed by atoms with van der Waals surface area (Å²) >= 11 is 0. The molecule has 3 aromatic rings. The molecule has 4 rings (SSSR count). The third-order valence-corrected chi connectivity index (χ3v) is 5.70. The first-order chi connectivity index (χ1) is 15.5. The maximum absolute atomic E-state index is 13.0. The van der Waals surface area contributed by atoms with Crippen molar-refractivity contribution < 1.29 is 23.8 Å².